The molecule has 0 aliphatic heterocycles. The Morgan fingerprint density at radius 1 is 1.06 bits per heavy atom. The molecule has 0 bridgehead atoms. The maximum atomic E-state index is 12.6. The van der Waals surface area contributed by atoms with Crippen molar-refractivity contribution in [2.24, 2.45) is 0 Å². The second-order valence-electron chi connectivity index (χ2n) is 8.20. The van der Waals surface area contributed by atoms with Gasteiger partial charge in [-0.05, 0) is 63.2 Å². The molecule has 2 heterocycles. The van der Waals surface area contributed by atoms with Crippen LogP contribution in [0.25, 0.3) is 34.3 Å². The Bertz CT molecular complexity index is 1440. The Hall–Kier alpha value is -3.63. The third-order valence-electron chi connectivity index (χ3n) is 5.41. The fourth-order valence-electron chi connectivity index (χ4n) is 3.48. The van der Waals surface area contributed by atoms with Gasteiger partial charge in [-0.15, -0.1) is 10.2 Å². The maximum Gasteiger partial charge on any atom is 0.270 e. The zero-order chi connectivity index (χ0) is 24.5. The molecule has 0 atom stereocenters. The summed E-state index contributed by atoms with van der Waals surface area (Å²) in [5.74, 6) is 0.646. The van der Waals surface area contributed by atoms with E-state index >= 15 is 0 Å². The number of benzene rings is 2. The molecule has 0 amide bonds. The lowest BCUT2D eigenvalue weighted by Crippen LogP contribution is -2.15. The van der Waals surface area contributed by atoms with Gasteiger partial charge in [0.15, 0.2) is 21.3 Å². The summed E-state index contributed by atoms with van der Waals surface area (Å²) < 4.78 is 31.0. The molecule has 0 aliphatic rings. The van der Waals surface area contributed by atoms with Crippen molar-refractivity contribution in [2.75, 3.05) is 12.8 Å². The average Bonchev–Trinajstić information content (AvgIpc) is 3.30. The van der Waals surface area contributed by atoms with Gasteiger partial charge >= 0.3 is 0 Å². The number of aryl methyl sites for hydroxylation is 1. The molecule has 2 aromatic heterocycles. The Morgan fingerprint density at radius 2 is 1.74 bits per heavy atom. The zero-order valence-corrected chi connectivity index (χ0v) is 20.2. The molecule has 0 saturated heterocycles. The molecule has 0 fully saturated rings. The normalized spacial score (nSPS) is 11.8. The molecule has 0 unspecified atom stereocenters. The highest BCUT2D eigenvalue weighted by Gasteiger charge is 2.22. The first-order chi connectivity index (χ1) is 16.2. The van der Waals surface area contributed by atoms with Gasteiger partial charge in [-0.3, -0.25) is 0 Å². The number of sulfone groups is 1. The monoisotopic (exact) mass is 484 g/mol. The fraction of sp³-hybridized carbons (Fsp3) is 0.250. The van der Waals surface area contributed by atoms with Crippen LogP contribution >= 0.6 is 0 Å². The fourth-order valence-corrected chi connectivity index (χ4v) is 4.75. The number of anilines is 1. The predicted octanol–water partition coefficient (Wildman–Crippen LogP) is 4.39. The van der Waals surface area contributed by atoms with Crippen molar-refractivity contribution in [3.63, 3.8) is 0 Å². The summed E-state index contributed by atoms with van der Waals surface area (Å²) in [7, 11) is -1.50. The molecule has 0 radical (unpaired) electrons. The molecule has 0 aliphatic carbocycles. The first-order valence-corrected chi connectivity index (χ1v) is 12.3. The van der Waals surface area contributed by atoms with Gasteiger partial charge in [-0.1, -0.05) is 18.2 Å². The van der Waals surface area contributed by atoms with Crippen molar-refractivity contribution in [3.05, 3.63) is 59.8 Å². The van der Waals surface area contributed by atoms with Crippen LogP contribution in [0.1, 0.15) is 29.3 Å². The quantitative estimate of drug-likeness (QED) is 0.391. The Morgan fingerprint density at radius 3 is 2.38 bits per heavy atom. The van der Waals surface area contributed by atoms with E-state index in [4.69, 9.17) is 10.2 Å². The summed E-state index contributed by atoms with van der Waals surface area (Å²) >= 11 is 0. The van der Waals surface area contributed by atoms with Crippen molar-refractivity contribution in [1.82, 2.24) is 25.5 Å². The second-order valence-corrected chi connectivity index (χ2v) is 10.7. The molecule has 4 aromatic rings. The Kier molecular flexibility index (Phi) is 6.45. The Labute approximate surface area is 202 Å². The van der Waals surface area contributed by atoms with Gasteiger partial charge in [0.2, 0.25) is 5.89 Å². The molecule has 4 rings (SSSR count). The van der Waals surface area contributed by atoms with Gasteiger partial charge in [-0.2, -0.15) is 0 Å². The minimum Gasteiger partial charge on any atom is -0.414 e. The molecule has 2 aromatic carbocycles. The lowest BCUT2D eigenvalue weighted by molar-refractivity contribution is 0.582. The number of nitrogens with one attached hydrogen (secondary N) is 1. The second kappa shape index (κ2) is 9.32. The lowest BCUT2D eigenvalue weighted by atomic mass is 10.1. The van der Waals surface area contributed by atoms with Crippen molar-refractivity contribution >= 4 is 15.7 Å². The molecule has 0 spiro atoms. The van der Waals surface area contributed by atoms with Crippen LogP contribution in [0.3, 0.4) is 0 Å². The van der Waals surface area contributed by atoms with Gasteiger partial charge < -0.3 is 15.5 Å². The molecule has 9 nitrogen and oxygen atoms in total. The SMILES string of the molecule is CNCc1ccc(-c2nnc(-c3nc(-c4ccc(S(=O)(=O)C(C)C)c(C)c4)cnc3N)o2)cc1.[HH].[HH].[HH]. The number of rotatable bonds is 7. The predicted molar refractivity (Wildman–Crippen MR) is 137 cm³/mol. The summed E-state index contributed by atoms with van der Waals surface area (Å²) in [6.45, 7) is 5.85. The van der Waals surface area contributed by atoms with E-state index < -0.39 is 15.1 Å². The van der Waals surface area contributed by atoms with Crippen molar-refractivity contribution < 1.29 is 17.1 Å². The highest BCUT2D eigenvalue weighted by Crippen LogP contribution is 2.30. The number of hydrogen-bond acceptors (Lipinski definition) is 9. The molecule has 182 valence electrons. The van der Waals surface area contributed by atoms with Crippen LogP contribution in [0.5, 0.6) is 0 Å². The van der Waals surface area contributed by atoms with Crippen LogP contribution in [0.4, 0.5) is 5.82 Å². The van der Waals surface area contributed by atoms with Crippen LogP contribution in [0, 0.1) is 6.92 Å². The first-order valence-electron chi connectivity index (χ1n) is 10.8. The van der Waals surface area contributed by atoms with Crippen molar-refractivity contribution in [2.45, 2.75) is 37.5 Å². The summed E-state index contributed by atoms with van der Waals surface area (Å²) in [4.78, 5) is 9.13. The van der Waals surface area contributed by atoms with E-state index in [-0.39, 0.29) is 21.7 Å². The third kappa shape index (κ3) is 4.55. The molecule has 0 saturated carbocycles. The Balaban J connectivity index is 0.00000228. The minimum absolute atomic E-state index is 0. The highest BCUT2D eigenvalue weighted by atomic mass is 32.2. The van der Waals surface area contributed by atoms with E-state index in [1.165, 1.54) is 6.20 Å². The van der Waals surface area contributed by atoms with Crippen LogP contribution in [-0.4, -0.2) is 40.9 Å². The maximum absolute atomic E-state index is 12.6. The minimum atomic E-state index is -3.39. The smallest absolute Gasteiger partial charge is 0.270 e. The molecule has 10 heteroatoms. The van der Waals surface area contributed by atoms with Crippen molar-refractivity contribution in [3.8, 4) is 34.3 Å². The van der Waals surface area contributed by atoms with Crippen molar-refractivity contribution in [1.29, 1.82) is 0 Å². The standard InChI is InChI=1S/C24H26N6O3S.3H2/c1-14(2)34(31,32)20-10-9-18(11-15(20)3)19-13-27-22(25)21(28-19)24-30-29-23(33-24)17-7-5-16(6-8-17)12-26-4;;;/h5-11,13-14,26H,12H2,1-4H3,(H2,25,27);3*1H. The summed E-state index contributed by atoms with van der Waals surface area (Å²) in [5, 5.41) is 10.8. The number of nitrogens with two attached hydrogens (primary N) is 1. The van der Waals surface area contributed by atoms with E-state index in [1.807, 2.05) is 31.3 Å². The third-order valence-corrected chi connectivity index (χ3v) is 7.72. The van der Waals surface area contributed by atoms with Crippen LogP contribution < -0.4 is 11.1 Å². The number of hydrogen-bond donors (Lipinski definition) is 2. The van der Waals surface area contributed by atoms with Gasteiger partial charge in [0.1, 0.15) is 0 Å². The molecular formula is C24H32N6O3S. The lowest BCUT2D eigenvalue weighted by Gasteiger charge is -2.12. The largest absolute Gasteiger partial charge is 0.414 e. The zero-order valence-electron chi connectivity index (χ0n) is 19.4. The van der Waals surface area contributed by atoms with Crippen LogP contribution in [0.2, 0.25) is 0 Å². The van der Waals surface area contributed by atoms with Gasteiger partial charge in [-0.25, -0.2) is 18.4 Å². The number of nitrogens with zero attached hydrogens (tertiary/aromatic N) is 4. The van der Waals surface area contributed by atoms with E-state index in [0.29, 0.717) is 27.6 Å². The molecular weight excluding hydrogens is 452 g/mol. The summed E-state index contributed by atoms with van der Waals surface area (Å²) in [6, 6.07) is 12.9. The first kappa shape index (κ1) is 23.5. The van der Waals surface area contributed by atoms with E-state index in [2.05, 4.69) is 25.5 Å². The van der Waals surface area contributed by atoms with Crippen LogP contribution in [-0.2, 0) is 16.4 Å². The van der Waals surface area contributed by atoms with E-state index in [1.54, 1.807) is 39.0 Å². The van der Waals surface area contributed by atoms with E-state index in [0.717, 1.165) is 17.7 Å². The van der Waals surface area contributed by atoms with E-state index in [9.17, 15) is 8.42 Å². The number of nitrogen functional groups attached to an aromatic ring is 1. The molecule has 3 N–H and O–H groups in total. The summed E-state index contributed by atoms with van der Waals surface area (Å²) in [6.07, 6.45) is 1.53. The van der Waals surface area contributed by atoms with Gasteiger partial charge in [0, 0.05) is 22.0 Å². The topological polar surface area (TPSA) is 137 Å². The number of aromatic nitrogens is 4. The highest BCUT2D eigenvalue weighted by molar-refractivity contribution is 7.92. The molecule has 34 heavy (non-hydrogen) atoms. The van der Waals surface area contributed by atoms with Gasteiger partial charge in [0.25, 0.3) is 5.89 Å². The summed E-state index contributed by atoms with van der Waals surface area (Å²) in [5.41, 5.74) is 10.1. The van der Waals surface area contributed by atoms with Crippen LogP contribution in [0.15, 0.2) is 58.0 Å². The van der Waals surface area contributed by atoms with Gasteiger partial charge in [0.05, 0.1) is 22.0 Å². The average molecular weight is 485 g/mol.